The van der Waals surface area contributed by atoms with Crippen LogP contribution in [0.4, 0.5) is 0 Å². The number of carbonyl (C=O) groups excluding carboxylic acids is 1. The van der Waals surface area contributed by atoms with E-state index in [0.29, 0.717) is 18.4 Å². The van der Waals surface area contributed by atoms with Crippen LogP contribution in [-0.4, -0.2) is 19.0 Å². The molecule has 3 atom stereocenters. The standard InChI is InChI=1S/C11H22N2O/c1-7(2)10(5-12)11(14)13-6-9-4-8(9)3/h7-10H,4-6,12H2,1-3H3,(H,13,14). The van der Waals surface area contributed by atoms with Crippen LogP contribution in [0, 0.1) is 23.7 Å². The second kappa shape index (κ2) is 4.78. The molecule has 1 aliphatic carbocycles. The van der Waals surface area contributed by atoms with Crippen molar-refractivity contribution in [2.75, 3.05) is 13.1 Å². The average molecular weight is 198 g/mol. The van der Waals surface area contributed by atoms with E-state index in [0.717, 1.165) is 12.5 Å². The maximum atomic E-state index is 11.7. The van der Waals surface area contributed by atoms with E-state index in [-0.39, 0.29) is 11.8 Å². The van der Waals surface area contributed by atoms with Gasteiger partial charge in [0, 0.05) is 13.1 Å². The molecule has 3 nitrogen and oxygen atoms in total. The van der Waals surface area contributed by atoms with Crippen molar-refractivity contribution < 1.29 is 4.79 Å². The van der Waals surface area contributed by atoms with Gasteiger partial charge in [0.1, 0.15) is 0 Å². The van der Waals surface area contributed by atoms with Crippen molar-refractivity contribution in [2.45, 2.75) is 27.2 Å². The summed E-state index contributed by atoms with van der Waals surface area (Å²) in [6.45, 7) is 7.58. The summed E-state index contributed by atoms with van der Waals surface area (Å²) < 4.78 is 0. The molecule has 1 rings (SSSR count). The van der Waals surface area contributed by atoms with Crippen molar-refractivity contribution in [1.29, 1.82) is 0 Å². The summed E-state index contributed by atoms with van der Waals surface area (Å²) in [5, 5.41) is 2.99. The fraction of sp³-hybridized carbons (Fsp3) is 0.909. The molecule has 0 aromatic rings. The third-order valence-corrected chi connectivity index (χ3v) is 3.21. The summed E-state index contributed by atoms with van der Waals surface area (Å²) in [5.41, 5.74) is 5.56. The number of rotatable bonds is 5. The van der Waals surface area contributed by atoms with Crippen molar-refractivity contribution in [2.24, 2.45) is 29.4 Å². The zero-order valence-electron chi connectivity index (χ0n) is 9.42. The lowest BCUT2D eigenvalue weighted by molar-refractivity contribution is -0.126. The fourth-order valence-electron chi connectivity index (χ4n) is 1.73. The van der Waals surface area contributed by atoms with E-state index in [9.17, 15) is 4.79 Å². The molecule has 1 saturated carbocycles. The van der Waals surface area contributed by atoms with Gasteiger partial charge in [-0.05, 0) is 24.2 Å². The molecule has 1 amide bonds. The molecule has 0 aliphatic heterocycles. The lowest BCUT2D eigenvalue weighted by Gasteiger charge is -2.18. The Balaban J connectivity index is 2.25. The molecule has 14 heavy (non-hydrogen) atoms. The monoisotopic (exact) mass is 198 g/mol. The Kier molecular flexibility index (Phi) is 3.93. The van der Waals surface area contributed by atoms with Crippen LogP contribution in [0.5, 0.6) is 0 Å². The van der Waals surface area contributed by atoms with Crippen LogP contribution in [0.2, 0.25) is 0 Å². The van der Waals surface area contributed by atoms with E-state index in [1.807, 2.05) is 13.8 Å². The molecule has 82 valence electrons. The number of nitrogens with two attached hydrogens (primary N) is 1. The molecule has 0 aromatic heterocycles. The van der Waals surface area contributed by atoms with Crippen LogP contribution in [0.25, 0.3) is 0 Å². The van der Waals surface area contributed by atoms with E-state index >= 15 is 0 Å². The predicted molar refractivity (Wildman–Crippen MR) is 57.7 cm³/mol. The molecule has 0 bridgehead atoms. The van der Waals surface area contributed by atoms with Crippen molar-refractivity contribution in [1.82, 2.24) is 5.32 Å². The first kappa shape index (κ1) is 11.5. The molecular formula is C11H22N2O. The van der Waals surface area contributed by atoms with Gasteiger partial charge in [0.25, 0.3) is 0 Å². The first-order chi connectivity index (χ1) is 6.56. The molecule has 0 aromatic carbocycles. The molecule has 3 unspecified atom stereocenters. The topological polar surface area (TPSA) is 55.1 Å². The summed E-state index contributed by atoms with van der Waals surface area (Å²) in [7, 11) is 0. The number of carbonyl (C=O) groups is 1. The first-order valence-corrected chi connectivity index (χ1v) is 5.54. The van der Waals surface area contributed by atoms with Crippen LogP contribution in [0.3, 0.4) is 0 Å². The highest BCUT2D eigenvalue weighted by atomic mass is 16.1. The van der Waals surface area contributed by atoms with Gasteiger partial charge in [-0.3, -0.25) is 4.79 Å². The van der Waals surface area contributed by atoms with Gasteiger partial charge < -0.3 is 11.1 Å². The highest BCUT2D eigenvalue weighted by Gasteiger charge is 2.33. The van der Waals surface area contributed by atoms with E-state index < -0.39 is 0 Å². The zero-order chi connectivity index (χ0) is 10.7. The van der Waals surface area contributed by atoms with Gasteiger partial charge in [0.15, 0.2) is 0 Å². The number of hydrogen-bond donors (Lipinski definition) is 2. The predicted octanol–water partition coefficient (Wildman–Crippen LogP) is 0.989. The van der Waals surface area contributed by atoms with E-state index in [4.69, 9.17) is 5.73 Å². The van der Waals surface area contributed by atoms with Gasteiger partial charge in [0.05, 0.1) is 5.92 Å². The highest BCUT2D eigenvalue weighted by Crippen LogP contribution is 2.36. The Labute approximate surface area is 86.4 Å². The molecule has 3 heteroatoms. The minimum absolute atomic E-state index is 0.0240. The number of nitrogens with one attached hydrogen (secondary N) is 1. The van der Waals surface area contributed by atoms with Gasteiger partial charge in [-0.15, -0.1) is 0 Å². The van der Waals surface area contributed by atoms with Crippen molar-refractivity contribution >= 4 is 5.91 Å². The number of hydrogen-bond acceptors (Lipinski definition) is 2. The lowest BCUT2D eigenvalue weighted by atomic mass is 9.95. The third kappa shape index (κ3) is 2.98. The van der Waals surface area contributed by atoms with Crippen molar-refractivity contribution in [3.8, 4) is 0 Å². The van der Waals surface area contributed by atoms with Crippen molar-refractivity contribution in [3.63, 3.8) is 0 Å². The molecule has 0 saturated heterocycles. The van der Waals surface area contributed by atoms with Crippen LogP contribution >= 0.6 is 0 Å². The normalized spacial score (nSPS) is 27.5. The smallest absolute Gasteiger partial charge is 0.224 e. The van der Waals surface area contributed by atoms with Crippen LogP contribution in [0.1, 0.15) is 27.2 Å². The zero-order valence-corrected chi connectivity index (χ0v) is 9.42. The summed E-state index contributed by atoms with van der Waals surface area (Å²) in [6.07, 6.45) is 1.26. The second-order valence-corrected chi connectivity index (χ2v) is 4.80. The maximum Gasteiger partial charge on any atom is 0.224 e. The largest absolute Gasteiger partial charge is 0.356 e. The SMILES string of the molecule is CC(C)C(CN)C(=O)NCC1CC1C. The van der Waals surface area contributed by atoms with Crippen molar-refractivity contribution in [3.05, 3.63) is 0 Å². The lowest BCUT2D eigenvalue weighted by Crippen LogP contribution is -2.38. The molecule has 0 heterocycles. The second-order valence-electron chi connectivity index (χ2n) is 4.80. The maximum absolute atomic E-state index is 11.7. The van der Waals surface area contributed by atoms with Gasteiger partial charge in [-0.1, -0.05) is 20.8 Å². The molecule has 0 radical (unpaired) electrons. The summed E-state index contributed by atoms with van der Waals surface area (Å²) >= 11 is 0. The Morgan fingerprint density at radius 2 is 2.14 bits per heavy atom. The van der Waals surface area contributed by atoms with Crippen LogP contribution in [-0.2, 0) is 4.79 Å². The molecule has 1 fully saturated rings. The molecule has 0 spiro atoms. The Hall–Kier alpha value is -0.570. The van der Waals surface area contributed by atoms with E-state index in [1.165, 1.54) is 6.42 Å². The quantitative estimate of drug-likeness (QED) is 0.692. The minimum Gasteiger partial charge on any atom is -0.356 e. The minimum atomic E-state index is -0.0240. The summed E-state index contributed by atoms with van der Waals surface area (Å²) in [6, 6.07) is 0. The first-order valence-electron chi connectivity index (χ1n) is 5.54. The Bertz CT molecular complexity index is 203. The van der Waals surface area contributed by atoms with Crippen LogP contribution in [0.15, 0.2) is 0 Å². The van der Waals surface area contributed by atoms with E-state index in [1.54, 1.807) is 0 Å². The van der Waals surface area contributed by atoms with Gasteiger partial charge in [0.2, 0.25) is 5.91 Å². The van der Waals surface area contributed by atoms with Gasteiger partial charge in [-0.2, -0.15) is 0 Å². The van der Waals surface area contributed by atoms with Gasteiger partial charge >= 0.3 is 0 Å². The van der Waals surface area contributed by atoms with Gasteiger partial charge in [-0.25, -0.2) is 0 Å². The Morgan fingerprint density at radius 1 is 1.57 bits per heavy atom. The summed E-state index contributed by atoms with van der Waals surface area (Å²) in [5.74, 6) is 1.94. The number of amides is 1. The molecular weight excluding hydrogens is 176 g/mol. The third-order valence-electron chi connectivity index (χ3n) is 3.21. The highest BCUT2D eigenvalue weighted by molar-refractivity contribution is 5.79. The molecule has 1 aliphatic rings. The fourth-order valence-corrected chi connectivity index (χ4v) is 1.73. The van der Waals surface area contributed by atoms with E-state index in [2.05, 4.69) is 12.2 Å². The Morgan fingerprint density at radius 3 is 2.50 bits per heavy atom. The summed E-state index contributed by atoms with van der Waals surface area (Å²) in [4.78, 5) is 11.7. The average Bonchev–Trinajstić information content (AvgIpc) is 2.79. The molecule has 3 N–H and O–H groups in total. The van der Waals surface area contributed by atoms with Crippen LogP contribution < -0.4 is 11.1 Å².